The lowest BCUT2D eigenvalue weighted by Crippen LogP contribution is -2.21. The van der Waals surface area contributed by atoms with E-state index in [1.165, 1.54) is 31.5 Å². The molecule has 0 bridgehead atoms. The molecule has 3 heteroatoms. The third-order valence-corrected chi connectivity index (χ3v) is 3.70. The van der Waals surface area contributed by atoms with Gasteiger partial charge >= 0.3 is 0 Å². The van der Waals surface area contributed by atoms with E-state index in [0.717, 1.165) is 24.0 Å². The SMILES string of the molecule is CNCCC1CCN(Cc2cccc(Cl)c2)C1. The minimum atomic E-state index is 0.841. The molecule has 1 unspecified atom stereocenters. The Bertz CT molecular complexity index is 354. The number of benzene rings is 1. The Kier molecular flexibility index (Phi) is 4.84. The van der Waals surface area contributed by atoms with Crippen molar-refractivity contribution < 1.29 is 0 Å². The molecule has 1 aliphatic heterocycles. The predicted molar refractivity (Wildman–Crippen MR) is 73.4 cm³/mol. The summed E-state index contributed by atoms with van der Waals surface area (Å²) in [7, 11) is 2.03. The molecule has 94 valence electrons. The van der Waals surface area contributed by atoms with Gasteiger partial charge in [0.2, 0.25) is 0 Å². The number of nitrogens with zero attached hydrogens (tertiary/aromatic N) is 1. The summed E-state index contributed by atoms with van der Waals surface area (Å²) >= 11 is 6.00. The molecule has 0 aromatic heterocycles. The highest BCUT2D eigenvalue weighted by atomic mass is 35.5. The lowest BCUT2D eigenvalue weighted by Gasteiger charge is -2.16. The van der Waals surface area contributed by atoms with Gasteiger partial charge in [0.25, 0.3) is 0 Å². The van der Waals surface area contributed by atoms with Crippen LogP contribution < -0.4 is 5.32 Å². The Labute approximate surface area is 109 Å². The Morgan fingerprint density at radius 3 is 3.12 bits per heavy atom. The lowest BCUT2D eigenvalue weighted by atomic mass is 10.1. The topological polar surface area (TPSA) is 15.3 Å². The maximum Gasteiger partial charge on any atom is 0.0409 e. The first-order valence-corrected chi connectivity index (χ1v) is 6.77. The molecule has 1 aliphatic rings. The van der Waals surface area contributed by atoms with Crippen molar-refractivity contribution >= 4 is 11.6 Å². The number of nitrogens with one attached hydrogen (secondary N) is 1. The first-order chi connectivity index (χ1) is 8.28. The van der Waals surface area contributed by atoms with Gasteiger partial charge in [-0.3, -0.25) is 4.90 Å². The van der Waals surface area contributed by atoms with Gasteiger partial charge in [-0.15, -0.1) is 0 Å². The summed E-state index contributed by atoms with van der Waals surface area (Å²) in [6, 6.07) is 8.20. The second-order valence-corrected chi connectivity index (χ2v) is 5.35. The van der Waals surface area contributed by atoms with Crippen molar-refractivity contribution in [2.24, 2.45) is 5.92 Å². The number of likely N-dealkylation sites (tertiary alicyclic amines) is 1. The number of halogens is 1. The number of rotatable bonds is 5. The molecular weight excluding hydrogens is 232 g/mol. The van der Waals surface area contributed by atoms with Gasteiger partial charge in [0.1, 0.15) is 0 Å². The summed E-state index contributed by atoms with van der Waals surface area (Å²) in [6.07, 6.45) is 2.63. The lowest BCUT2D eigenvalue weighted by molar-refractivity contribution is 0.313. The molecule has 1 N–H and O–H groups in total. The van der Waals surface area contributed by atoms with Crippen molar-refractivity contribution in [1.29, 1.82) is 0 Å². The summed E-state index contributed by atoms with van der Waals surface area (Å²) in [5.41, 5.74) is 1.33. The highest BCUT2D eigenvalue weighted by Gasteiger charge is 2.21. The van der Waals surface area contributed by atoms with E-state index < -0.39 is 0 Å². The van der Waals surface area contributed by atoms with Gasteiger partial charge in [0.05, 0.1) is 0 Å². The van der Waals surface area contributed by atoms with E-state index >= 15 is 0 Å². The molecule has 2 nitrogen and oxygen atoms in total. The van der Waals surface area contributed by atoms with Crippen molar-refractivity contribution in [2.45, 2.75) is 19.4 Å². The molecule has 0 saturated carbocycles. The quantitative estimate of drug-likeness (QED) is 0.867. The van der Waals surface area contributed by atoms with Crippen LogP contribution in [0.15, 0.2) is 24.3 Å². The molecule has 1 atom stereocenters. The molecule has 0 aliphatic carbocycles. The predicted octanol–water partition coefficient (Wildman–Crippen LogP) is 2.77. The van der Waals surface area contributed by atoms with E-state index in [1.807, 2.05) is 19.2 Å². The molecule has 2 rings (SSSR count). The van der Waals surface area contributed by atoms with Crippen LogP contribution in [0.5, 0.6) is 0 Å². The van der Waals surface area contributed by atoms with E-state index in [4.69, 9.17) is 11.6 Å². The average molecular weight is 253 g/mol. The van der Waals surface area contributed by atoms with Crippen LogP contribution in [0.2, 0.25) is 5.02 Å². The highest BCUT2D eigenvalue weighted by molar-refractivity contribution is 6.30. The van der Waals surface area contributed by atoms with Gasteiger partial charge in [0.15, 0.2) is 0 Å². The smallest absolute Gasteiger partial charge is 0.0409 e. The largest absolute Gasteiger partial charge is 0.320 e. The van der Waals surface area contributed by atoms with Crippen molar-refractivity contribution in [3.8, 4) is 0 Å². The average Bonchev–Trinajstić information content (AvgIpc) is 2.74. The highest BCUT2D eigenvalue weighted by Crippen LogP contribution is 2.21. The molecule has 0 radical (unpaired) electrons. The maximum absolute atomic E-state index is 6.00. The van der Waals surface area contributed by atoms with E-state index in [2.05, 4.69) is 22.3 Å². The van der Waals surface area contributed by atoms with Crippen molar-refractivity contribution in [3.05, 3.63) is 34.9 Å². The zero-order valence-corrected chi connectivity index (χ0v) is 11.2. The summed E-state index contributed by atoms with van der Waals surface area (Å²) in [4.78, 5) is 2.53. The number of hydrogen-bond acceptors (Lipinski definition) is 2. The molecule has 17 heavy (non-hydrogen) atoms. The molecule has 1 heterocycles. The van der Waals surface area contributed by atoms with E-state index in [1.54, 1.807) is 0 Å². The fourth-order valence-corrected chi connectivity index (χ4v) is 2.75. The molecule has 0 amide bonds. The van der Waals surface area contributed by atoms with Crippen LogP contribution in [0.3, 0.4) is 0 Å². The van der Waals surface area contributed by atoms with Gasteiger partial charge in [-0.05, 0) is 56.6 Å². The summed E-state index contributed by atoms with van der Waals surface area (Å²) < 4.78 is 0. The minimum absolute atomic E-state index is 0.841. The van der Waals surface area contributed by atoms with Crippen LogP contribution in [0.4, 0.5) is 0 Å². The van der Waals surface area contributed by atoms with Gasteiger partial charge < -0.3 is 5.32 Å². The Balaban J connectivity index is 1.81. The Morgan fingerprint density at radius 1 is 1.47 bits per heavy atom. The van der Waals surface area contributed by atoms with Gasteiger partial charge in [0, 0.05) is 18.1 Å². The molecule has 1 saturated heterocycles. The molecule has 1 aromatic carbocycles. The summed E-state index contributed by atoms with van der Waals surface area (Å²) in [6.45, 7) is 4.63. The van der Waals surface area contributed by atoms with E-state index in [-0.39, 0.29) is 0 Å². The van der Waals surface area contributed by atoms with Crippen LogP contribution in [0, 0.1) is 5.92 Å². The van der Waals surface area contributed by atoms with Gasteiger partial charge in [-0.1, -0.05) is 23.7 Å². The zero-order valence-electron chi connectivity index (χ0n) is 10.5. The van der Waals surface area contributed by atoms with Crippen LogP contribution in [0.25, 0.3) is 0 Å². The number of hydrogen-bond donors (Lipinski definition) is 1. The normalized spacial score (nSPS) is 20.9. The third-order valence-electron chi connectivity index (χ3n) is 3.47. The van der Waals surface area contributed by atoms with Crippen molar-refractivity contribution in [1.82, 2.24) is 10.2 Å². The standard InChI is InChI=1S/C14H21ClN2/c1-16-7-5-12-6-8-17(10-12)11-13-3-2-4-14(15)9-13/h2-4,9,12,16H,5-8,10-11H2,1H3. The monoisotopic (exact) mass is 252 g/mol. The molecule has 1 fully saturated rings. The Morgan fingerprint density at radius 2 is 2.35 bits per heavy atom. The Hall–Kier alpha value is -0.570. The van der Waals surface area contributed by atoms with E-state index in [9.17, 15) is 0 Å². The second-order valence-electron chi connectivity index (χ2n) is 4.91. The van der Waals surface area contributed by atoms with Gasteiger partial charge in [-0.2, -0.15) is 0 Å². The fraction of sp³-hybridized carbons (Fsp3) is 0.571. The fourth-order valence-electron chi connectivity index (χ4n) is 2.53. The van der Waals surface area contributed by atoms with Crippen LogP contribution in [0.1, 0.15) is 18.4 Å². The summed E-state index contributed by atoms with van der Waals surface area (Å²) in [5.74, 6) is 0.863. The minimum Gasteiger partial charge on any atom is -0.320 e. The molecular formula is C14H21ClN2. The van der Waals surface area contributed by atoms with Crippen molar-refractivity contribution in [3.63, 3.8) is 0 Å². The second kappa shape index (κ2) is 6.39. The van der Waals surface area contributed by atoms with Crippen LogP contribution in [-0.4, -0.2) is 31.6 Å². The van der Waals surface area contributed by atoms with Gasteiger partial charge in [-0.25, -0.2) is 0 Å². The van der Waals surface area contributed by atoms with Crippen LogP contribution >= 0.6 is 11.6 Å². The van der Waals surface area contributed by atoms with E-state index in [0.29, 0.717) is 0 Å². The first-order valence-electron chi connectivity index (χ1n) is 6.39. The molecule has 0 spiro atoms. The zero-order chi connectivity index (χ0) is 12.1. The molecule has 1 aromatic rings. The van der Waals surface area contributed by atoms with Crippen molar-refractivity contribution in [2.75, 3.05) is 26.7 Å². The summed E-state index contributed by atoms with van der Waals surface area (Å²) in [5, 5.41) is 4.07. The third kappa shape index (κ3) is 3.98. The van der Waals surface area contributed by atoms with Crippen LogP contribution in [-0.2, 0) is 6.54 Å². The maximum atomic E-state index is 6.00. The first kappa shape index (κ1) is 12.9.